The minimum atomic E-state index is -0.176. The van der Waals surface area contributed by atoms with Crippen molar-refractivity contribution in [1.29, 1.82) is 5.26 Å². The summed E-state index contributed by atoms with van der Waals surface area (Å²) in [4.78, 5) is 14.4. The van der Waals surface area contributed by atoms with Crippen LogP contribution in [0.4, 0.5) is 0 Å². The van der Waals surface area contributed by atoms with E-state index in [1.807, 2.05) is 18.2 Å². The first-order valence-electron chi connectivity index (χ1n) is 9.45. The lowest BCUT2D eigenvalue weighted by Crippen LogP contribution is -2.20. The van der Waals surface area contributed by atoms with Crippen LogP contribution in [0.1, 0.15) is 23.6 Å². The smallest absolute Gasteiger partial charge is 0.244 e. The molecule has 6 nitrogen and oxygen atoms in total. The van der Waals surface area contributed by atoms with E-state index in [-0.39, 0.29) is 12.5 Å². The summed E-state index contributed by atoms with van der Waals surface area (Å²) in [6.07, 6.45) is 3.19. The standard InChI is InChI=1S/C23H27N3O3/c1-4-26(2)17-20-7-5-6-19(14-20)16-25-23(27)11-9-18-8-10-21(29-13-12-24)22(15-18)28-3/h5-11,14-15H,4,13,16-17H2,1-3H3,(H,25,27)/b11-9+. The molecule has 0 bridgehead atoms. The molecule has 0 radical (unpaired) electrons. The van der Waals surface area contributed by atoms with E-state index in [4.69, 9.17) is 14.7 Å². The van der Waals surface area contributed by atoms with Crippen LogP contribution in [0.3, 0.4) is 0 Å². The molecular weight excluding hydrogens is 366 g/mol. The van der Waals surface area contributed by atoms with Gasteiger partial charge in [0.05, 0.1) is 7.11 Å². The molecule has 0 atom stereocenters. The van der Waals surface area contributed by atoms with Crippen LogP contribution >= 0.6 is 0 Å². The van der Waals surface area contributed by atoms with Gasteiger partial charge in [-0.05, 0) is 48.5 Å². The lowest BCUT2D eigenvalue weighted by atomic mass is 10.1. The SMILES string of the molecule is CCN(C)Cc1cccc(CNC(=O)/C=C/c2ccc(OCC#N)c(OC)c2)c1. The number of nitrogens with one attached hydrogen (secondary N) is 1. The van der Waals surface area contributed by atoms with E-state index < -0.39 is 0 Å². The number of nitrogens with zero attached hydrogens (tertiary/aromatic N) is 2. The molecule has 2 aromatic rings. The molecule has 1 N–H and O–H groups in total. The largest absolute Gasteiger partial charge is 0.493 e. The Kier molecular flexibility index (Phi) is 8.74. The summed E-state index contributed by atoms with van der Waals surface area (Å²) in [5.41, 5.74) is 3.09. The van der Waals surface area contributed by atoms with Gasteiger partial charge in [-0.15, -0.1) is 0 Å². The lowest BCUT2D eigenvalue weighted by Gasteiger charge is -2.14. The molecule has 0 aliphatic heterocycles. The van der Waals surface area contributed by atoms with Crippen molar-refractivity contribution in [3.63, 3.8) is 0 Å². The second-order valence-corrected chi connectivity index (χ2v) is 6.56. The molecule has 0 fully saturated rings. The molecule has 1 amide bonds. The Balaban J connectivity index is 1.93. The van der Waals surface area contributed by atoms with Crippen LogP contribution < -0.4 is 14.8 Å². The Labute approximate surface area is 172 Å². The first-order valence-corrected chi connectivity index (χ1v) is 9.45. The number of benzene rings is 2. The van der Waals surface area contributed by atoms with E-state index in [1.165, 1.54) is 18.7 Å². The number of methoxy groups -OCH3 is 1. The van der Waals surface area contributed by atoms with E-state index in [0.717, 1.165) is 24.2 Å². The van der Waals surface area contributed by atoms with Crippen LogP contribution in [0.15, 0.2) is 48.5 Å². The molecule has 2 aromatic carbocycles. The maximum absolute atomic E-state index is 12.2. The highest BCUT2D eigenvalue weighted by Crippen LogP contribution is 2.28. The Morgan fingerprint density at radius 1 is 1.21 bits per heavy atom. The van der Waals surface area contributed by atoms with E-state index in [1.54, 1.807) is 24.3 Å². The first kappa shape index (κ1) is 22.0. The fourth-order valence-corrected chi connectivity index (χ4v) is 2.70. The molecule has 29 heavy (non-hydrogen) atoms. The highest BCUT2D eigenvalue weighted by molar-refractivity contribution is 5.91. The van der Waals surface area contributed by atoms with Crippen LogP contribution in [-0.4, -0.2) is 38.1 Å². The Bertz CT molecular complexity index is 887. The van der Waals surface area contributed by atoms with E-state index in [2.05, 4.69) is 36.3 Å². The van der Waals surface area contributed by atoms with Gasteiger partial charge in [-0.3, -0.25) is 4.79 Å². The molecule has 152 valence electrons. The second-order valence-electron chi connectivity index (χ2n) is 6.56. The summed E-state index contributed by atoms with van der Waals surface area (Å²) in [5.74, 6) is 0.825. The monoisotopic (exact) mass is 393 g/mol. The van der Waals surface area contributed by atoms with Crippen molar-refractivity contribution in [2.24, 2.45) is 0 Å². The van der Waals surface area contributed by atoms with Crippen LogP contribution in [0, 0.1) is 11.3 Å². The van der Waals surface area contributed by atoms with E-state index in [9.17, 15) is 4.79 Å². The zero-order chi connectivity index (χ0) is 21.1. The highest BCUT2D eigenvalue weighted by atomic mass is 16.5. The van der Waals surface area contributed by atoms with Crippen molar-refractivity contribution in [1.82, 2.24) is 10.2 Å². The molecular formula is C23H27N3O3. The summed E-state index contributed by atoms with van der Waals surface area (Å²) in [6, 6.07) is 15.4. The summed E-state index contributed by atoms with van der Waals surface area (Å²) in [5, 5.41) is 11.5. The number of ether oxygens (including phenoxy) is 2. The number of hydrogen-bond acceptors (Lipinski definition) is 5. The van der Waals surface area contributed by atoms with Crippen molar-refractivity contribution in [2.45, 2.75) is 20.0 Å². The van der Waals surface area contributed by atoms with Crippen molar-refractivity contribution in [2.75, 3.05) is 27.3 Å². The predicted molar refractivity (Wildman–Crippen MR) is 113 cm³/mol. The van der Waals surface area contributed by atoms with Crippen molar-refractivity contribution >= 4 is 12.0 Å². The molecule has 0 saturated heterocycles. The summed E-state index contributed by atoms with van der Waals surface area (Å²) >= 11 is 0. The maximum atomic E-state index is 12.2. The quantitative estimate of drug-likeness (QED) is 0.627. The van der Waals surface area contributed by atoms with Crippen LogP contribution in [0.25, 0.3) is 6.08 Å². The van der Waals surface area contributed by atoms with Gasteiger partial charge >= 0.3 is 0 Å². The van der Waals surface area contributed by atoms with Crippen molar-refractivity contribution < 1.29 is 14.3 Å². The normalized spacial score (nSPS) is 10.7. The summed E-state index contributed by atoms with van der Waals surface area (Å²) in [7, 11) is 3.61. The van der Waals surface area contributed by atoms with Gasteiger partial charge in [0.2, 0.25) is 5.91 Å². The zero-order valence-electron chi connectivity index (χ0n) is 17.1. The zero-order valence-corrected chi connectivity index (χ0v) is 17.1. The van der Waals surface area contributed by atoms with Gasteiger partial charge in [0.1, 0.15) is 6.07 Å². The number of carbonyl (C=O) groups is 1. The van der Waals surface area contributed by atoms with E-state index >= 15 is 0 Å². The number of carbonyl (C=O) groups excluding carboxylic acids is 1. The maximum Gasteiger partial charge on any atom is 0.244 e. The van der Waals surface area contributed by atoms with Gasteiger partial charge in [0.15, 0.2) is 18.1 Å². The average Bonchev–Trinajstić information content (AvgIpc) is 2.75. The highest BCUT2D eigenvalue weighted by Gasteiger charge is 2.05. The Morgan fingerprint density at radius 2 is 2.00 bits per heavy atom. The first-order chi connectivity index (χ1) is 14.0. The molecule has 0 heterocycles. The lowest BCUT2D eigenvalue weighted by molar-refractivity contribution is -0.116. The van der Waals surface area contributed by atoms with Gasteiger partial charge in [-0.25, -0.2) is 0 Å². The topological polar surface area (TPSA) is 74.6 Å². The molecule has 2 rings (SSSR count). The third-order valence-corrected chi connectivity index (χ3v) is 4.36. The minimum Gasteiger partial charge on any atom is -0.493 e. The van der Waals surface area contributed by atoms with Crippen LogP contribution in [0.5, 0.6) is 11.5 Å². The fraction of sp³-hybridized carbons (Fsp3) is 0.304. The van der Waals surface area contributed by atoms with E-state index in [0.29, 0.717) is 18.0 Å². The van der Waals surface area contributed by atoms with Gasteiger partial charge in [-0.2, -0.15) is 5.26 Å². The predicted octanol–water partition coefficient (Wildman–Crippen LogP) is 3.38. The van der Waals surface area contributed by atoms with Gasteiger partial charge in [0.25, 0.3) is 0 Å². The number of hydrogen-bond donors (Lipinski definition) is 1. The average molecular weight is 393 g/mol. The number of rotatable bonds is 10. The minimum absolute atomic E-state index is 0.0517. The Morgan fingerprint density at radius 3 is 2.72 bits per heavy atom. The Hall–Kier alpha value is -3.30. The molecule has 6 heteroatoms. The van der Waals surface area contributed by atoms with Gasteiger partial charge < -0.3 is 19.7 Å². The molecule has 0 spiro atoms. The molecule has 0 aliphatic rings. The third kappa shape index (κ3) is 7.32. The van der Waals surface area contributed by atoms with Crippen molar-refractivity contribution in [3.05, 3.63) is 65.2 Å². The van der Waals surface area contributed by atoms with Gasteiger partial charge in [-0.1, -0.05) is 37.3 Å². The fourth-order valence-electron chi connectivity index (χ4n) is 2.70. The summed E-state index contributed by atoms with van der Waals surface area (Å²) in [6.45, 7) is 4.41. The van der Waals surface area contributed by atoms with Crippen molar-refractivity contribution in [3.8, 4) is 17.6 Å². The van der Waals surface area contributed by atoms with Crippen LogP contribution in [0.2, 0.25) is 0 Å². The molecule has 0 unspecified atom stereocenters. The molecule has 0 aromatic heterocycles. The third-order valence-electron chi connectivity index (χ3n) is 4.36. The number of amides is 1. The second kappa shape index (κ2) is 11.5. The van der Waals surface area contributed by atoms with Crippen LogP contribution in [-0.2, 0) is 17.9 Å². The molecule has 0 aliphatic carbocycles. The van der Waals surface area contributed by atoms with Gasteiger partial charge in [0, 0.05) is 19.2 Å². The number of nitriles is 1. The molecule has 0 saturated carbocycles. The summed E-state index contributed by atoms with van der Waals surface area (Å²) < 4.78 is 10.6.